The first-order valence-corrected chi connectivity index (χ1v) is 6.39. The first-order valence-electron chi connectivity index (χ1n) is 6.39. The molecule has 1 fully saturated rings. The van der Waals surface area contributed by atoms with E-state index >= 15 is 0 Å². The van der Waals surface area contributed by atoms with E-state index in [1.54, 1.807) is 6.20 Å². The molecule has 2 rings (SSSR count). The summed E-state index contributed by atoms with van der Waals surface area (Å²) < 4.78 is 1.82. The van der Waals surface area contributed by atoms with E-state index < -0.39 is 0 Å². The van der Waals surface area contributed by atoms with E-state index in [-0.39, 0.29) is 23.9 Å². The van der Waals surface area contributed by atoms with E-state index in [4.69, 9.17) is 0 Å². The maximum absolute atomic E-state index is 11.6. The average Bonchev–Trinajstić information content (AvgIpc) is 2.88. The molecule has 0 radical (unpaired) electrons. The molecule has 102 valence electrons. The maximum atomic E-state index is 11.6. The topological polar surface area (TPSA) is 76.0 Å². The lowest BCUT2D eigenvalue weighted by Gasteiger charge is -2.32. The quantitative estimate of drug-likeness (QED) is 0.777. The summed E-state index contributed by atoms with van der Waals surface area (Å²) >= 11 is 0. The Kier molecular flexibility index (Phi) is 3.99. The Labute approximate surface area is 111 Å². The highest BCUT2D eigenvalue weighted by atomic mass is 16.2. The monoisotopic (exact) mass is 262 g/mol. The molecule has 2 atom stereocenters. The number of aryl methyl sites for hydroxylation is 1. The van der Waals surface area contributed by atoms with E-state index in [9.17, 15) is 9.59 Å². The summed E-state index contributed by atoms with van der Waals surface area (Å²) in [7, 11) is 0. The largest absolute Gasteiger partial charge is 0.347 e. The van der Waals surface area contributed by atoms with Crippen LogP contribution >= 0.6 is 0 Å². The zero-order chi connectivity index (χ0) is 13.8. The van der Waals surface area contributed by atoms with Crippen LogP contribution in [-0.2, 0) is 16.1 Å². The fourth-order valence-electron chi connectivity index (χ4n) is 2.35. The van der Waals surface area contributed by atoms with Gasteiger partial charge in [0.15, 0.2) is 0 Å². The smallest absolute Gasteiger partial charge is 0.243 e. The molecule has 0 saturated carbocycles. The van der Waals surface area contributed by atoms with Gasteiger partial charge in [0, 0.05) is 19.2 Å². The van der Waals surface area contributed by atoms with Crippen molar-refractivity contribution in [2.45, 2.75) is 38.4 Å². The zero-order valence-corrected chi connectivity index (χ0v) is 10.9. The Morgan fingerprint density at radius 2 is 2.53 bits per heavy atom. The van der Waals surface area contributed by atoms with Crippen molar-refractivity contribution in [1.82, 2.24) is 20.4 Å². The highest BCUT2D eigenvalue weighted by Crippen LogP contribution is 2.24. The van der Waals surface area contributed by atoms with Crippen LogP contribution in [0, 0.1) is 0 Å². The second kappa shape index (κ2) is 5.69. The standard InChI is InChI=1S/C13H18N4O2/c1-3-11(18)15-9-5-6-12(19)16-13(9)10-7-8-14-17(10)4-2/h3,7-9,13H,1,4-6H2,2H3,(H,15,18)(H,16,19). The SMILES string of the molecule is C=CC(=O)NC1CCC(=O)NC1c1ccnn1CC. The minimum absolute atomic E-state index is 0.00189. The Bertz CT molecular complexity index is 495. The van der Waals surface area contributed by atoms with Gasteiger partial charge in [-0.2, -0.15) is 5.10 Å². The molecular formula is C13H18N4O2. The number of rotatable bonds is 4. The molecule has 0 bridgehead atoms. The minimum atomic E-state index is -0.243. The fraction of sp³-hybridized carbons (Fsp3) is 0.462. The van der Waals surface area contributed by atoms with Crippen LogP contribution in [0.15, 0.2) is 24.9 Å². The summed E-state index contributed by atoms with van der Waals surface area (Å²) in [6, 6.07) is 1.49. The van der Waals surface area contributed by atoms with E-state index in [1.807, 2.05) is 17.7 Å². The van der Waals surface area contributed by atoms with Gasteiger partial charge in [0.1, 0.15) is 0 Å². The molecule has 1 aliphatic heterocycles. The number of carbonyl (C=O) groups excluding carboxylic acids is 2. The number of amides is 2. The van der Waals surface area contributed by atoms with Gasteiger partial charge in [-0.1, -0.05) is 6.58 Å². The highest BCUT2D eigenvalue weighted by molar-refractivity contribution is 5.87. The Morgan fingerprint density at radius 1 is 1.74 bits per heavy atom. The molecule has 1 saturated heterocycles. The summed E-state index contributed by atoms with van der Waals surface area (Å²) in [5.41, 5.74) is 0.907. The van der Waals surface area contributed by atoms with Crippen molar-refractivity contribution in [1.29, 1.82) is 0 Å². The van der Waals surface area contributed by atoms with Crippen LogP contribution in [0.25, 0.3) is 0 Å². The number of hydrogen-bond acceptors (Lipinski definition) is 3. The normalized spacial score (nSPS) is 22.7. The summed E-state index contributed by atoms with van der Waals surface area (Å²) in [4.78, 5) is 23.1. The van der Waals surface area contributed by atoms with Gasteiger partial charge in [-0.05, 0) is 25.5 Å². The lowest BCUT2D eigenvalue weighted by atomic mass is 9.95. The van der Waals surface area contributed by atoms with Crippen LogP contribution < -0.4 is 10.6 Å². The number of nitrogens with one attached hydrogen (secondary N) is 2. The van der Waals surface area contributed by atoms with Crippen LogP contribution in [-0.4, -0.2) is 27.6 Å². The number of nitrogens with zero attached hydrogens (tertiary/aromatic N) is 2. The van der Waals surface area contributed by atoms with Crippen molar-refractivity contribution < 1.29 is 9.59 Å². The maximum Gasteiger partial charge on any atom is 0.243 e. The van der Waals surface area contributed by atoms with Gasteiger partial charge in [0.25, 0.3) is 0 Å². The van der Waals surface area contributed by atoms with E-state index in [1.165, 1.54) is 6.08 Å². The second-order valence-corrected chi connectivity index (χ2v) is 4.47. The molecule has 2 unspecified atom stereocenters. The Morgan fingerprint density at radius 3 is 3.21 bits per heavy atom. The summed E-state index contributed by atoms with van der Waals surface area (Å²) in [6.07, 6.45) is 3.97. The van der Waals surface area contributed by atoms with Crippen molar-refractivity contribution >= 4 is 11.8 Å². The van der Waals surface area contributed by atoms with Gasteiger partial charge in [0.05, 0.1) is 17.8 Å². The lowest BCUT2D eigenvalue weighted by molar-refractivity contribution is -0.125. The van der Waals surface area contributed by atoms with Crippen molar-refractivity contribution in [2.24, 2.45) is 0 Å². The molecule has 19 heavy (non-hydrogen) atoms. The summed E-state index contributed by atoms with van der Waals surface area (Å²) in [5, 5.41) is 9.99. The predicted molar refractivity (Wildman–Crippen MR) is 70.1 cm³/mol. The molecular weight excluding hydrogens is 244 g/mol. The molecule has 1 aromatic heterocycles. The zero-order valence-electron chi connectivity index (χ0n) is 10.9. The molecule has 6 nitrogen and oxygen atoms in total. The number of piperidine rings is 1. The summed E-state index contributed by atoms with van der Waals surface area (Å²) in [6.45, 7) is 6.15. The van der Waals surface area contributed by atoms with Crippen LogP contribution in [0.1, 0.15) is 31.5 Å². The van der Waals surface area contributed by atoms with Crippen LogP contribution in [0.4, 0.5) is 0 Å². The minimum Gasteiger partial charge on any atom is -0.347 e. The molecule has 1 aliphatic rings. The fourth-order valence-corrected chi connectivity index (χ4v) is 2.35. The third-order valence-electron chi connectivity index (χ3n) is 3.28. The van der Waals surface area contributed by atoms with Gasteiger partial charge in [-0.15, -0.1) is 0 Å². The number of carbonyl (C=O) groups is 2. The summed E-state index contributed by atoms with van der Waals surface area (Å²) in [5.74, 6) is -0.230. The Balaban J connectivity index is 2.23. The second-order valence-electron chi connectivity index (χ2n) is 4.47. The molecule has 6 heteroatoms. The van der Waals surface area contributed by atoms with Crippen molar-refractivity contribution in [3.63, 3.8) is 0 Å². The van der Waals surface area contributed by atoms with Gasteiger partial charge in [-0.3, -0.25) is 14.3 Å². The van der Waals surface area contributed by atoms with Gasteiger partial charge >= 0.3 is 0 Å². The third kappa shape index (κ3) is 2.83. The molecule has 2 heterocycles. The first kappa shape index (κ1) is 13.3. The molecule has 2 N–H and O–H groups in total. The Hall–Kier alpha value is -2.11. The van der Waals surface area contributed by atoms with Crippen molar-refractivity contribution in [3.8, 4) is 0 Å². The van der Waals surface area contributed by atoms with Crippen molar-refractivity contribution in [2.75, 3.05) is 0 Å². The molecule has 0 aromatic carbocycles. The van der Waals surface area contributed by atoms with Gasteiger partial charge < -0.3 is 10.6 Å². The molecule has 2 amide bonds. The highest BCUT2D eigenvalue weighted by Gasteiger charge is 2.32. The first-order chi connectivity index (χ1) is 9.15. The van der Waals surface area contributed by atoms with E-state index in [0.29, 0.717) is 12.8 Å². The van der Waals surface area contributed by atoms with Crippen molar-refractivity contribution in [3.05, 3.63) is 30.6 Å². The van der Waals surface area contributed by atoms with E-state index in [0.717, 1.165) is 12.2 Å². The average molecular weight is 262 g/mol. The van der Waals surface area contributed by atoms with Gasteiger partial charge in [-0.25, -0.2) is 0 Å². The molecule has 1 aromatic rings. The van der Waals surface area contributed by atoms with Gasteiger partial charge in [0.2, 0.25) is 11.8 Å². The lowest BCUT2D eigenvalue weighted by Crippen LogP contribution is -2.50. The van der Waals surface area contributed by atoms with Crippen LogP contribution in [0.5, 0.6) is 0 Å². The van der Waals surface area contributed by atoms with Crippen LogP contribution in [0.3, 0.4) is 0 Å². The third-order valence-corrected chi connectivity index (χ3v) is 3.28. The number of aromatic nitrogens is 2. The van der Waals surface area contributed by atoms with E-state index in [2.05, 4.69) is 22.3 Å². The number of hydrogen-bond donors (Lipinski definition) is 2. The molecule has 0 aliphatic carbocycles. The molecule has 0 spiro atoms. The van der Waals surface area contributed by atoms with Crippen LogP contribution in [0.2, 0.25) is 0 Å². The predicted octanol–water partition coefficient (Wildman–Crippen LogP) is 0.525.